The van der Waals surface area contributed by atoms with Crippen LogP contribution in [0.4, 0.5) is 11.4 Å². The van der Waals surface area contributed by atoms with Gasteiger partial charge in [0.2, 0.25) is 5.91 Å². The van der Waals surface area contributed by atoms with Crippen LogP contribution in [-0.2, 0) is 4.79 Å². The standard InChI is InChI=1S/C19H30N4O3/c1-3-21(4-2)13-7-12-20-19(24)16-10-14-22(15-11-16)17-8-5-6-9-18(17)23(25)26/h5-6,8-9,16H,3-4,7,10-15H2,1-2H3,(H,20,24). The zero-order valence-corrected chi connectivity index (χ0v) is 15.8. The van der Waals surface area contributed by atoms with Gasteiger partial charge in [0.1, 0.15) is 5.69 Å². The third-order valence-electron chi connectivity index (χ3n) is 5.13. The summed E-state index contributed by atoms with van der Waals surface area (Å²) in [5.74, 6) is 0.120. The number of nitrogens with zero attached hydrogens (tertiary/aromatic N) is 3. The molecule has 1 aromatic rings. The number of amides is 1. The van der Waals surface area contributed by atoms with Crippen molar-refractivity contribution in [3.8, 4) is 0 Å². The molecule has 0 unspecified atom stereocenters. The number of hydrogen-bond acceptors (Lipinski definition) is 5. The molecule has 1 aliphatic rings. The van der Waals surface area contributed by atoms with Crippen molar-refractivity contribution in [3.63, 3.8) is 0 Å². The molecule has 1 saturated heterocycles. The zero-order chi connectivity index (χ0) is 18.9. The Morgan fingerprint density at radius 3 is 2.54 bits per heavy atom. The Kier molecular flexibility index (Phi) is 7.84. The van der Waals surface area contributed by atoms with Crippen LogP contribution in [-0.4, -0.2) is 55.0 Å². The lowest BCUT2D eigenvalue weighted by Crippen LogP contribution is -2.41. The van der Waals surface area contributed by atoms with Gasteiger partial charge in [-0.1, -0.05) is 26.0 Å². The molecular formula is C19H30N4O3. The van der Waals surface area contributed by atoms with Crippen molar-refractivity contribution in [2.45, 2.75) is 33.1 Å². The van der Waals surface area contributed by atoms with Gasteiger partial charge in [0, 0.05) is 31.6 Å². The van der Waals surface area contributed by atoms with E-state index in [4.69, 9.17) is 0 Å². The van der Waals surface area contributed by atoms with Crippen molar-refractivity contribution in [1.82, 2.24) is 10.2 Å². The Labute approximate surface area is 155 Å². The first-order chi connectivity index (χ1) is 12.6. The number of nitrogens with one attached hydrogen (secondary N) is 1. The van der Waals surface area contributed by atoms with E-state index in [1.54, 1.807) is 12.1 Å². The number of benzene rings is 1. The summed E-state index contributed by atoms with van der Waals surface area (Å²) < 4.78 is 0. The normalized spacial score (nSPS) is 15.3. The van der Waals surface area contributed by atoms with Gasteiger partial charge in [-0.25, -0.2) is 0 Å². The molecule has 1 fully saturated rings. The molecule has 0 spiro atoms. The van der Waals surface area contributed by atoms with E-state index in [2.05, 4.69) is 24.1 Å². The Morgan fingerprint density at radius 2 is 1.92 bits per heavy atom. The summed E-state index contributed by atoms with van der Waals surface area (Å²) in [6.07, 6.45) is 2.42. The minimum atomic E-state index is -0.343. The van der Waals surface area contributed by atoms with Crippen molar-refractivity contribution < 1.29 is 9.72 Å². The fourth-order valence-corrected chi connectivity index (χ4v) is 3.47. The summed E-state index contributed by atoms with van der Waals surface area (Å²) in [5.41, 5.74) is 0.780. The minimum Gasteiger partial charge on any atom is -0.366 e. The third kappa shape index (κ3) is 5.42. The van der Waals surface area contributed by atoms with Crippen molar-refractivity contribution in [1.29, 1.82) is 0 Å². The average molecular weight is 362 g/mol. The van der Waals surface area contributed by atoms with Crippen molar-refractivity contribution in [2.75, 3.05) is 44.2 Å². The van der Waals surface area contributed by atoms with Gasteiger partial charge in [-0.15, -0.1) is 0 Å². The van der Waals surface area contributed by atoms with Crippen LogP contribution in [0.25, 0.3) is 0 Å². The first-order valence-electron chi connectivity index (χ1n) is 9.55. The van der Waals surface area contributed by atoms with Gasteiger partial charge >= 0.3 is 0 Å². The van der Waals surface area contributed by atoms with Gasteiger partial charge in [-0.05, 0) is 45.0 Å². The summed E-state index contributed by atoms with van der Waals surface area (Å²) in [4.78, 5) is 27.6. The monoisotopic (exact) mass is 362 g/mol. The summed E-state index contributed by atoms with van der Waals surface area (Å²) in [7, 11) is 0. The van der Waals surface area contributed by atoms with E-state index in [1.165, 1.54) is 6.07 Å². The van der Waals surface area contributed by atoms with E-state index < -0.39 is 0 Å². The Hall–Kier alpha value is -2.15. The third-order valence-corrected chi connectivity index (χ3v) is 5.13. The highest BCUT2D eigenvalue weighted by Gasteiger charge is 2.27. The molecule has 0 aromatic heterocycles. The molecule has 144 valence electrons. The van der Waals surface area contributed by atoms with Crippen molar-refractivity contribution in [2.24, 2.45) is 5.92 Å². The maximum absolute atomic E-state index is 12.3. The molecule has 1 amide bonds. The molecule has 1 heterocycles. The number of para-hydroxylation sites is 2. The SMILES string of the molecule is CCN(CC)CCCNC(=O)C1CCN(c2ccccc2[N+](=O)[O-])CC1. The highest BCUT2D eigenvalue weighted by Crippen LogP contribution is 2.31. The highest BCUT2D eigenvalue weighted by atomic mass is 16.6. The Bertz CT molecular complexity index is 596. The number of carbonyl (C=O) groups excluding carboxylic acids is 1. The van der Waals surface area contributed by atoms with E-state index in [1.807, 2.05) is 11.0 Å². The van der Waals surface area contributed by atoms with Crippen LogP contribution in [0.2, 0.25) is 0 Å². The fourth-order valence-electron chi connectivity index (χ4n) is 3.47. The van der Waals surface area contributed by atoms with Gasteiger partial charge in [0.05, 0.1) is 4.92 Å². The highest BCUT2D eigenvalue weighted by molar-refractivity contribution is 5.79. The number of rotatable bonds is 9. The first-order valence-corrected chi connectivity index (χ1v) is 9.55. The molecule has 2 rings (SSSR count). The van der Waals surface area contributed by atoms with Crippen LogP contribution >= 0.6 is 0 Å². The number of carbonyl (C=O) groups is 1. The molecule has 0 radical (unpaired) electrons. The van der Waals surface area contributed by atoms with Crippen molar-refractivity contribution >= 4 is 17.3 Å². The maximum Gasteiger partial charge on any atom is 0.292 e. The largest absolute Gasteiger partial charge is 0.366 e. The minimum absolute atomic E-state index is 0.00229. The van der Waals surface area contributed by atoms with Crippen LogP contribution in [0.1, 0.15) is 33.1 Å². The molecule has 0 aliphatic carbocycles. The molecule has 1 aromatic carbocycles. The van der Waals surface area contributed by atoms with Crippen molar-refractivity contribution in [3.05, 3.63) is 34.4 Å². The summed E-state index contributed by atoms with van der Waals surface area (Å²) in [5, 5.41) is 14.2. The smallest absolute Gasteiger partial charge is 0.292 e. The molecule has 7 nitrogen and oxygen atoms in total. The van der Waals surface area contributed by atoms with E-state index in [-0.39, 0.29) is 22.4 Å². The lowest BCUT2D eigenvalue weighted by atomic mass is 9.95. The molecule has 26 heavy (non-hydrogen) atoms. The van der Waals surface area contributed by atoms with E-state index in [0.29, 0.717) is 25.3 Å². The average Bonchev–Trinajstić information content (AvgIpc) is 2.68. The van der Waals surface area contributed by atoms with E-state index >= 15 is 0 Å². The van der Waals surface area contributed by atoms with E-state index in [9.17, 15) is 14.9 Å². The fraction of sp³-hybridized carbons (Fsp3) is 0.632. The van der Waals surface area contributed by atoms with Gasteiger partial charge in [0.15, 0.2) is 0 Å². The molecule has 0 bridgehead atoms. The summed E-state index contributed by atoms with van der Waals surface area (Å²) in [6, 6.07) is 6.81. The molecule has 0 saturated carbocycles. The number of piperidine rings is 1. The number of hydrogen-bond donors (Lipinski definition) is 1. The van der Waals surface area contributed by atoms with Crippen LogP contribution in [0.15, 0.2) is 24.3 Å². The first kappa shape index (κ1) is 20.2. The quantitative estimate of drug-likeness (QED) is 0.415. The zero-order valence-electron chi connectivity index (χ0n) is 15.8. The Morgan fingerprint density at radius 1 is 1.27 bits per heavy atom. The van der Waals surface area contributed by atoms with Crippen LogP contribution in [0.5, 0.6) is 0 Å². The molecular weight excluding hydrogens is 332 g/mol. The summed E-state index contributed by atoms with van der Waals surface area (Å²) >= 11 is 0. The van der Waals surface area contributed by atoms with Gasteiger partial charge in [-0.2, -0.15) is 0 Å². The number of nitro benzene ring substituents is 1. The van der Waals surface area contributed by atoms with Gasteiger partial charge < -0.3 is 15.1 Å². The topological polar surface area (TPSA) is 78.7 Å². The lowest BCUT2D eigenvalue weighted by Gasteiger charge is -2.32. The van der Waals surface area contributed by atoms with E-state index in [0.717, 1.165) is 38.9 Å². The van der Waals surface area contributed by atoms with Gasteiger partial charge in [0.25, 0.3) is 5.69 Å². The predicted octanol–water partition coefficient (Wildman–Crippen LogP) is 2.66. The predicted molar refractivity (Wildman–Crippen MR) is 103 cm³/mol. The number of anilines is 1. The van der Waals surface area contributed by atoms with Crippen LogP contribution in [0, 0.1) is 16.0 Å². The van der Waals surface area contributed by atoms with Crippen LogP contribution < -0.4 is 10.2 Å². The van der Waals surface area contributed by atoms with Gasteiger partial charge in [-0.3, -0.25) is 14.9 Å². The van der Waals surface area contributed by atoms with Crippen LogP contribution in [0.3, 0.4) is 0 Å². The number of nitro groups is 1. The molecule has 7 heteroatoms. The lowest BCUT2D eigenvalue weighted by molar-refractivity contribution is -0.384. The Balaban J connectivity index is 1.78. The molecule has 0 atom stereocenters. The molecule has 1 N–H and O–H groups in total. The summed E-state index contributed by atoms with van der Waals surface area (Å²) in [6.45, 7) is 9.41. The second kappa shape index (κ2) is 10.1. The maximum atomic E-state index is 12.3. The second-order valence-corrected chi connectivity index (χ2v) is 6.68. The second-order valence-electron chi connectivity index (χ2n) is 6.68. The molecule has 1 aliphatic heterocycles.